The number of hydrogen-bond donors (Lipinski definition) is 1. The van der Waals surface area contributed by atoms with E-state index >= 15 is 0 Å². The van der Waals surface area contributed by atoms with Gasteiger partial charge in [0.05, 0.1) is 0 Å². The van der Waals surface area contributed by atoms with Crippen molar-refractivity contribution in [2.75, 3.05) is 0 Å². The van der Waals surface area contributed by atoms with Crippen LogP contribution in [0, 0.1) is 17.6 Å². The largest absolute Gasteiger partial charge is 0.296 e. The van der Waals surface area contributed by atoms with Crippen molar-refractivity contribution < 1.29 is 0 Å². The van der Waals surface area contributed by atoms with Gasteiger partial charge in [-0.05, 0) is 37.9 Å². The molecule has 1 heterocycles. The highest BCUT2D eigenvalue weighted by atomic mass is 32.1. The summed E-state index contributed by atoms with van der Waals surface area (Å²) in [5, 5.41) is 10.5. The number of H-pyrrole nitrogens is 1. The third-order valence-electron chi connectivity index (χ3n) is 2.46. The number of aromatic nitrogens is 3. The van der Waals surface area contributed by atoms with Crippen molar-refractivity contribution in [1.29, 1.82) is 0 Å². The third kappa shape index (κ3) is 2.85. The Balaban J connectivity index is 3.11. The molecule has 6 heteroatoms. The fourth-order valence-corrected chi connectivity index (χ4v) is 1.41. The number of aromatic amines is 1. The van der Waals surface area contributed by atoms with Crippen LogP contribution in [-0.2, 0) is 0 Å². The molecule has 0 fully saturated rings. The van der Waals surface area contributed by atoms with E-state index < -0.39 is 0 Å². The first-order valence-electron chi connectivity index (χ1n) is 5.32. The van der Waals surface area contributed by atoms with Gasteiger partial charge < -0.3 is 0 Å². The molecule has 0 aromatic carbocycles. The molecule has 5 nitrogen and oxygen atoms in total. The van der Waals surface area contributed by atoms with E-state index in [4.69, 9.17) is 12.2 Å². The van der Waals surface area contributed by atoms with Gasteiger partial charge in [-0.1, -0.05) is 13.8 Å². The summed E-state index contributed by atoms with van der Waals surface area (Å²) in [4.78, 5) is 11.7. The zero-order valence-electron chi connectivity index (χ0n) is 9.73. The molecule has 1 N–H and O–H groups in total. The van der Waals surface area contributed by atoms with E-state index in [9.17, 15) is 4.79 Å². The minimum atomic E-state index is -0.272. The van der Waals surface area contributed by atoms with E-state index in [0.717, 1.165) is 12.8 Å². The van der Waals surface area contributed by atoms with Gasteiger partial charge >= 0.3 is 0 Å². The van der Waals surface area contributed by atoms with Crippen molar-refractivity contribution in [3.8, 4) is 0 Å². The normalized spacial score (nSPS) is 11.5. The Labute approximate surface area is 99.2 Å². The summed E-state index contributed by atoms with van der Waals surface area (Å²) >= 11 is 4.95. The SMILES string of the molecule is CCC(/C=N/n1c(=S)[nH]nc(C)c1=O)CC. The molecule has 0 spiro atoms. The Morgan fingerprint density at radius 2 is 2.19 bits per heavy atom. The monoisotopic (exact) mass is 240 g/mol. The smallest absolute Gasteiger partial charge is 0.265 e. The predicted octanol–water partition coefficient (Wildman–Crippen LogP) is 1.88. The fourth-order valence-electron chi connectivity index (χ4n) is 1.24. The Morgan fingerprint density at radius 3 is 2.75 bits per heavy atom. The molecule has 0 bridgehead atoms. The van der Waals surface area contributed by atoms with Gasteiger partial charge in [-0.15, -0.1) is 0 Å². The quantitative estimate of drug-likeness (QED) is 0.645. The molecule has 0 aliphatic heterocycles. The van der Waals surface area contributed by atoms with Crippen molar-refractivity contribution in [2.24, 2.45) is 11.0 Å². The molecule has 0 aliphatic rings. The highest BCUT2D eigenvalue weighted by molar-refractivity contribution is 7.71. The minimum absolute atomic E-state index is 0.220. The van der Waals surface area contributed by atoms with Gasteiger partial charge in [0.15, 0.2) is 0 Å². The summed E-state index contributed by atoms with van der Waals surface area (Å²) in [5.41, 5.74) is 0.0845. The maximum Gasteiger partial charge on any atom is 0.296 e. The topological polar surface area (TPSA) is 63.0 Å². The highest BCUT2D eigenvalue weighted by Crippen LogP contribution is 2.03. The van der Waals surface area contributed by atoms with Gasteiger partial charge in [0, 0.05) is 6.21 Å². The second kappa shape index (κ2) is 5.69. The first-order chi connectivity index (χ1) is 7.60. The van der Waals surface area contributed by atoms with Crippen LogP contribution in [0.2, 0.25) is 0 Å². The van der Waals surface area contributed by atoms with Crippen LogP contribution in [0.3, 0.4) is 0 Å². The number of hydrogen-bond acceptors (Lipinski definition) is 4. The van der Waals surface area contributed by atoms with Crippen LogP contribution in [0.5, 0.6) is 0 Å². The van der Waals surface area contributed by atoms with Crippen molar-refractivity contribution in [2.45, 2.75) is 33.6 Å². The molecule has 0 aliphatic carbocycles. The van der Waals surface area contributed by atoms with Crippen LogP contribution in [0.1, 0.15) is 32.4 Å². The molecule has 0 radical (unpaired) electrons. The molecule has 0 saturated carbocycles. The summed E-state index contributed by atoms with van der Waals surface area (Å²) < 4.78 is 1.40. The van der Waals surface area contributed by atoms with Crippen LogP contribution in [-0.4, -0.2) is 21.1 Å². The first-order valence-corrected chi connectivity index (χ1v) is 5.73. The molecule has 1 aromatic rings. The number of nitrogens with zero attached hydrogens (tertiary/aromatic N) is 3. The lowest BCUT2D eigenvalue weighted by Gasteiger charge is -2.04. The summed E-state index contributed by atoms with van der Waals surface area (Å²) in [5.74, 6) is 0.370. The summed E-state index contributed by atoms with van der Waals surface area (Å²) in [7, 11) is 0. The highest BCUT2D eigenvalue weighted by Gasteiger charge is 2.02. The molecule has 0 atom stereocenters. The molecular formula is C10H16N4OS. The van der Waals surface area contributed by atoms with E-state index in [0.29, 0.717) is 11.6 Å². The van der Waals surface area contributed by atoms with Crippen molar-refractivity contribution in [1.82, 2.24) is 14.9 Å². The molecular weight excluding hydrogens is 224 g/mol. The lowest BCUT2D eigenvalue weighted by molar-refractivity contribution is 0.639. The average molecular weight is 240 g/mol. The van der Waals surface area contributed by atoms with Gasteiger partial charge in [0.2, 0.25) is 4.77 Å². The molecule has 16 heavy (non-hydrogen) atoms. The van der Waals surface area contributed by atoms with Crippen LogP contribution >= 0.6 is 12.2 Å². The first kappa shape index (κ1) is 12.8. The van der Waals surface area contributed by atoms with E-state index in [-0.39, 0.29) is 10.3 Å². The van der Waals surface area contributed by atoms with Crippen LogP contribution < -0.4 is 5.56 Å². The van der Waals surface area contributed by atoms with E-state index in [1.807, 2.05) is 0 Å². The zero-order valence-corrected chi connectivity index (χ0v) is 10.5. The molecule has 88 valence electrons. The Hall–Kier alpha value is -1.30. The van der Waals surface area contributed by atoms with Gasteiger partial charge in [0.1, 0.15) is 5.69 Å². The molecule has 0 saturated heterocycles. The Bertz CT molecular complexity index is 484. The van der Waals surface area contributed by atoms with Crippen LogP contribution in [0.4, 0.5) is 0 Å². The second-order valence-electron chi connectivity index (χ2n) is 3.57. The minimum Gasteiger partial charge on any atom is -0.265 e. The maximum atomic E-state index is 11.7. The Kier molecular flexibility index (Phi) is 4.54. The number of rotatable bonds is 4. The van der Waals surface area contributed by atoms with Crippen molar-refractivity contribution in [3.05, 3.63) is 20.8 Å². The fraction of sp³-hybridized carbons (Fsp3) is 0.600. The molecule has 1 aromatic heterocycles. The molecule has 0 amide bonds. The van der Waals surface area contributed by atoms with Gasteiger partial charge in [0.25, 0.3) is 5.56 Å². The number of nitrogens with one attached hydrogen (secondary N) is 1. The van der Waals surface area contributed by atoms with Gasteiger partial charge in [-0.3, -0.25) is 9.89 Å². The van der Waals surface area contributed by atoms with Crippen molar-refractivity contribution >= 4 is 18.4 Å². The van der Waals surface area contributed by atoms with Gasteiger partial charge in [-0.2, -0.15) is 14.9 Å². The third-order valence-corrected chi connectivity index (χ3v) is 2.72. The average Bonchev–Trinajstić information content (AvgIpc) is 2.29. The Morgan fingerprint density at radius 1 is 1.56 bits per heavy atom. The second-order valence-corrected chi connectivity index (χ2v) is 3.96. The lowest BCUT2D eigenvalue weighted by atomic mass is 10.1. The lowest BCUT2D eigenvalue weighted by Crippen LogP contribution is -2.23. The maximum absolute atomic E-state index is 11.7. The molecule has 0 unspecified atom stereocenters. The van der Waals surface area contributed by atoms with Crippen LogP contribution in [0.15, 0.2) is 9.90 Å². The van der Waals surface area contributed by atoms with E-state index in [1.165, 1.54) is 4.68 Å². The van der Waals surface area contributed by atoms with Crippen molar-refractivity contribution in [3.63, 3.8) is 0 Å². The predicted molar refractivity (Wildman–Crippen MR) is 66.4 cm³/mol. The van der Waals surface area contributed by atoms with Gasteiger partial charge in [-0.25, -0.2) is 0 Å². The molecule has 1 rings (SSSR count). The van der Waals surface area contributed by atoms with E-state index in [1.54, 1.807) is 13.1 Å². The number of aryl methyl sites for hydroxylation is 1. The van der Waals surface area contributed by atoms with E-state index in [2.05, 4.69) is 29.1 Å². The summed E-state index contributed by atoms with van der Waals surface area (Å²) in [6, 6.07) is 0. The summed E-state index contributed by atoms with van der Waals surface area (Å²) in [6.07, 6.45) is 3.76. The van der Waals surface area contributed by atoms with Crippen LogP contribution in [0.25, 0.3) is 0 Å². The standard InChI is InChI=1S/C10H16N4OS/c1-4-8(5-2)6-11-14-9(15)7(3)12-13-10(14)16/h6,8H,4-5H2,1-3H3,(H,13,16)/b11-6+. The summed E-state index contributed by atoms with van der Waals surface area (Å²) in [6.45, 7) is 5.79. The zero-order chi connectivity index (χ0) is 12.1.